The highest BCUT2D eigenvalue weighted by Gasteiger charge is 2.18. The smallest absolute Gasteiger partial charge is 0.251 e. The number of rotatable bonds is 5. The van der Waals surface area contributed by atoms with E-state index >= 15 is 0 Å². The second-order valence-corrected chi connectivity index (χ2v) is 8.29. The molecule has 0 fully saturated rings. The van der Waals surface area contributed by atoms with Crippen LogP contribution in [0.15, 0.2) is 53.4 Å². The van der Waals surface area contributed by atoms with Crippen LogP contribution in [-0.2, 0) is 16.4 Å². The van der Waals surface area contributed by atoms with E-state index in [1.165, 1.54) is 0 Å². The van der Waals surface area contributed by atoms with Crippen molar-refractivity contribution in [3.05, 3.63) is 65.2 Å². The quantitative estimate of drug-likeness (QED) is 0.915. The van der Waals surface area contributed by atoms with Gasteiger partial charge in [-0.15, -0.1) is 0 Å². The van der Waals surface area contributed by atoms with Crippen molar-refractivity contribution in [1.29, 1.82) is 0 Å². The van der Waals surface area contributed by atoms with Crippen LogP contribution in [-0.4, -0.2) is 19.6 Å². The Morgan fingerprint density at radius 2 is 1.57 bits per heavy atom. The molecule has 0 atom stereocenters. The fourth-order valence-corrected chi connectivity index (χ4v) is 3.12. The van der Waals surface area contributed by atoms with Crippen LogP contribution in [0.2, 0.25) is 0 Å². The maximum absolute atomic E-state index is 12.1. The zero-order valence-corrected chi connectivity index (χ0v) is 14.4. The number of hydrogen-bond donors (Lipinski definition) is 1. The van der Waals surface area contributed by atoms with Crippen molar-refractivity contribution < 1.29 is 13.2 Å². The first-order valence-electron chi connectivity index (χ1n) is 7.48. The fraction of sp³-hybridized carbons (Fsp3) is 0.278. The van der Waals surface area contributed by atoms with E-state index in [9.17, 15) is 13.2 Å². The summed E-state index contributed by atoms with van der Waals surface area (Å²) in [6, 6.07) is 14.0. The maximum atomic E-state index is 12.1. The molecule has 0 spiro atoms. The topological polar surface area (TPSA) is 63.2 Å². The van der Waals surface area contributed by atoms with E-state index in [0.29, 0.717) is 17.0 Å². The van der Waals surface area contributed by atoms with Gasteiger partial charge in [0.15, 0.2) is 9.84 Å². The van der Waals surface area contributed by atoms with E-state index in [-0.39, 0.29) is 5.91 Å². The molecule has 0 aliphatic heterocycles. The van der Waals surface area contributed by atoms with Crippen LogP contribution in [0, 0.1) is 6.92 Å². The number of amides is 1. The molecule has 4 nitrogen and oxygen atoms in total. The Hall–Kier alpha value is -2.14. The highest BCUT2D eigenvalue weighted by molar-refractivity contribution is 7.92. The molecule has 5 heteroatoms. The molecule has 2 aromatic carbocycles. The third-order valence-corrected chi connectivity index (χ3v) is 5.81. The minimum atomic E-state index is -3.26. The Bertz CT molecular complexity index is 776. The van der Waals surface area contributed by atoms with Crippen LogP contribution >= 0.6 is 0 Å². The first-order valence-corrected chi connectivity index (χ1v) is 9.03. The van der Waals surface area contributed by atoms with Gasteiger partial charge in [0.25, 0.3) is 5.91 Å². The van der Waals surface area contributed by atoms with Gasteiger partial charge in [0.05, 0.1) is 10.1 Å². The van der Waals surface area contributed by atoms with Crippen molar-refractivity contribution in [2.24, 2.45) is 0 Å². The molecule has 23 heavy (non-hydrogen) atoms. The van der Waals surface area contributed by atoms with Gasteiger partial charge in [-0.25, -0.2) is 8.42 Å². The molecule has 2 aromatic rings. The molecular formula is C18H21NO3S. The van der Waals surface area contributed by atoms with Crippen LogP contribution in [0.3, 0.4) is 0 Å². The van der Waals surface area contributed by atoms with E-state index in [0.717, 1.165) is 11.1 Å². The number of benzene rings is 2. The summed E-state index contributed by atoms with van der Waals surface area (Å²) < 4.78 is 24.1. The highest BCUT2D eigenvalue weighted by atomic mass is 32.2. The molecule has 1 amide bonds. The average Bonchev–Trinajstić information content (AvgIpc) is 2.53. The predicted molar refractivity (Wildman–Crippen MR) is 91.1 cm³/mol. The molecule has 0 unspecified atom stereocenters. The van der Waals surface area contributed by atoms with Crippen molar-refractivity contribution in [1.82, 2.24) is 5.32 Å². The lowest BCUT2D eigenvalue weighted by molar-refractivity contribution is 0.0951. The summed E-state index contributed by atoms with van der Waals surface area (Å²) in [4.78, 5) is 12.3. The lowest BCUT2D eigenvalue weighted by Crippen LogP contribution is -2.22. The number of aryl methyl sites for hydroxylation is 1. The predicted octanol–water partition coefficient (Wildman–Crippen LogP) is 3.11. The molecule has 0 saturated heterocycles. The van der Waals surface area contributed by atoms with Crippen LogP contribution < -0.4 is 5.32 Å². The minimum Gasteiger partial charge on any atom is -0.348 e. The first-order chi connectivity index (χ1) is 10.8. The Labute approximate surface area is 137 Å². The standard InChI is InChI=1S/C18H21NO3S/c1-13(2)23(21,22)17-10-6-15(7-11-17)12-19-18(20)16-8-4-14(3)5-9-16/h4-11,13H,12H2,1-3H3,(H,19,20). The highest BCUT2D eigenvalue weighted by Crippen LogP contribution is 2.16. The average molecular weight is 331 g/mol. The maximum Gasteiger partial charge on any atom is 0.251 e. The van der Waals surface area contributed by atoms with Gasteiger partial charge in [-0.1, -0.05) is 29.8 Å². The van der Waals surface area contributed by atoms with E-state index in [2.05, 4.69) is 5.32 Å². The molecule has 0 saturated carbocycles. The van der Waals surface area contributed by atoms with Crippen LogP contribution in [0.5, 0.6) is 0 Å². The van der Waals surface area contributed by atoms with Crippen LogP contribution in [0.1, 0.15) is 35.3 Å². The van der Waals surface area contributed by atoms with Gasteiger partial charge in [0.1, 0.15) is 0 Å². The molecule has 0 aliphatic carbocycles. The summed E-state index contributed by atoms with van der Waals surface area (Å²) >= 11 is 0. The Morgan fingerprint density at radius 3 is 2.09 bits per heavy atom. The lowest BCUT2D eigenvalue weighted by Gasteiger charge is -2.09. The third-order valence-electron chi connectivity index (χ3n) is 3.64. The summed E-state index contributed by atoms with van der Waals surface area (Å²) in [7, 11) is -3.26. The Kier molecular flexibility index (Phi) is 5.21. The van der Waals surface area contributed by atoms with Gasteiger partial charge in [0, 0.05) is 12.1 Å². The van der Waals surface area contributed by atoms with Crippen molar-refractivity contribution >= 4 is 15.7 Å². The second kappa shape index (κ2) is 6.96. The Balaban J connectivity index is 2.02. The van der Waals surface area contributed by atoms with Gasteiger partial charge in [0.2, 0.25) is 0 Å². The number of carbonyl (C=O) groups is 1. The van der Waals surface area contributed by atoms with E-state index in [1.54, 1.807) is 50.2 Å². The lowest BCUT2D eigenvalue weighted by atomic mass is 10.1. The minimum absolute atomic E-state index is 0.149. The van der Waals surface area contributed by atoms with E-state index in [1.807, 2.05) is 19.1 Å². The number of hydrogen-bond acceptors (Lipinski definition) is 3. The summed E-state index contributed by atoms with van der Waals surface area (Å²) in [5, 5.41) is 2.38. The van der Waals surface area contributed by atoms with Crippen molar-refractivity contribution in [2.45, 2.75) is 37.5 Å². The summed E-state index contributed by atoms with van der Waals surface area (Å²) in [5.74, 6) is -0.149. The summed E-state index contributed by atoms with van der Waals surface area (Å²) in [5.41, 5.74) is 2.56. The number of nitrogens with one attached hydrogen (secondary N) is 1. The largest absolute Gasteiger partial charge is 0.348 e. The Morgan fingerprint density at radius 1 is 1.00 bits per heavy atom. The van der Waals surface area contributed by atoms with Gasteiger partial charge < -0.3 is 5.32 Å². The van der Waals surface area contributed by atoms with Crippen LogP contribution in [0.4, 0.5) is 0 Å². The van der Waals surface area contributed by atoms with Crippen LogP contribution in [0.25, 0.3) is 0 Å². The molecule has 1 N–H and O–H groups in total. The third kappa shape index (κ3) is 4.20. The zero-order valence-electron chi connectivity index (χ0n) is 13.5. The summed E-state index contributed by atoms with van der Waals surface area (Å²) in [6.45, 7) is 5.64. The molecule has 0 bridgehead atoms. The van der Waals surface area contributed by atoms with Gasteiger partial charge in [-0.05, 0) is 50.6 Å². The number of sulfone groups is 1. The number of carbonyl (C=O) groups excluding carboxylic acids is 1. The molecule has 0 aromatic heterocycles. The van der Waals surface area contributed by atoms with Gasteiger partial charge in [-0.2, -0.15) is 0 Å². The van der Waals surface area contributed by atoms with Crippen molar-refractivity contribution in [3.63, 3.8) is 0 Å². The normalized spacial score (nSPS) is 11.5. The molecule has 0 heterocycles. The van der Waals surface area contributed by atoms with E-state index < -0.39 is 15.1 Å². The van der Waals surface area contributed by atoms with Gasteiger partial charge >= 0.3 is 0 Å². The molecule has 122 valence electrons. The SMILES string of the molecule is Cc1ccc(C(=O)NCc2ccc(S(=O)(=O)C(C)C)cc2)cc1. The second-order valence-electron chi connectivity index (χ2n) is 5.79. The molecule has 2 rings (SSSR count). The molecule has 0 aliphatic rings. The van der Waals surface area contributed by atoms with Gasteiger partial charge in [-0.3, -0.25) is 4.79 Å². The monoisotopic (exact) mass is 331 g/mol. The fourth-order valence-electron chi connectivity index (χ4n) is 2.06. The van der Waals surface area contributed by atoms with E-state index in [4.69, 9.17) is 0 Å². The molecule has 0 radical (unpaired) electrons. The van der Waals surface area contributed by atoms with Crippen molar-refractivity contribution in [2.75, 3.05) is 0 Å². The molecular weight excluding hydrogens is 310 g/mol. The first kappa shape index (κ1) is 17.2. The summed E-state index contributed by atoms with van der Waals surface area (Å²) in [6.07, 6.45) is 0. The zero-order chi connectivity index (χ0) is 17.0. The van der Waals surface area contributed by atoms with Crippen molar-refractivity contribution in [3.8, 4) is 0 Å².